The van der Waals surface area contributed by atoms with Gasteiger partial charge in [0.15, 0.2) is 0 Å². The zero-order chi connectivity index (χ0) is 13.0. The summed E-state index contributed by atoms with van der Waals surface area (Å²) < 4.78 is 10.7. The van der Waals surface area contributed by atoms with Crippen LogP contribution >= 0.6 is 0 Å². The van der Waals surface area contributed by atoms with Crippen LogP contribution in [0.15, 0.2) is 24.3 Å². The maximum absolute atomic E-state index is 10.6. The number of methoxy groups -OCH3 is 2. The van der Waals surface area contributed by atoms with E-state index in [4.69, 9.17) is 9.47 Å². The summed E-state index contributed by atoms with van der Waals surface area (Å²) in [4.78, 5) is 0. The van der Waals surface area contributed by atoms with Crippen molar-refractivity contribution in [1.82, 2.24) is 0 Å². The Labute approximate surface area is 109 Å². The summed E-state index contributed by atoms with van der Waals surface area (Å²) in [5, 5.41) is 10.6. The van der Waals surface area contributed by atoms with Gasteiger partial charge in [0.05, 0.1) is 18.8 Å². The van der Waals surface area contributed by atoms with Crippen LogP contribution in [0.1, 0.15) is 31.2 Å². The van der Waals surface area contributed by atoms with Gasteiger partial charge in [-0.25, -0.2) is 0 Å². The normalized spacial score (nSPS) is 28.1. The third kappa shape index (κ3) is 3.03. The molecule has 1 saturated carbocycles. The molecule has 18 heavy (non-hydrogen) atoms. The molecule has 0 spiro atoms. The lowest BCUT2D eigenvalue weighted by molar-refractivity contribution is -0.0429. The highest BCUT2D eigenvalue weighted by Gasteiger charge is 2.33. The first-order valence-corrected chi connectivity index (χ1v) is 6.54. The largest absolute Gasteiger partial charge is 0.496 e. The molecule has 0 atom stereocenters. The van der Waals surface area contributed by atoms with Crippen molar-refractivity contribution in [2.75, 3.05) is 14.2 Å². The minimum atomic E-state index is -0.607. The molecule has 0 bridgehead atoms. The minimum absolute atomic E-state index is 0.308. The van der Waals surface area contributed by atoms with Crippen molar-refractivity contribution in [1.29, 1.82) is 0 Å². The van der Waals surface area contributed by atoms with Crippen LogP contribution < -0.4 is 4.74 Å². The van der Waals surface area contributed by atoms with Gasteiger partial charge < -0.3 is 14.6 Å². The first-order valence-electron chi connectivity index (χ1n) is 6.54. The van der Waals surface area contributed by atoms with Crippen molar-refractivity contribution >= 4 is 0 Å². The molecule has 0 aliphatic heterocycles. The van der Waals surface area contributed by atoms with Gasteiger partial charge in [-0.05, 0) is 37.3 Å². The van der Waals surface area contributed by atoms with Crippen LogP contribution in [0.4, 0.5) is 0 Å². The standard InChI is InChI=1S/C15H22O3/c1-17-13-7-9-15(16,10-8-13)11-12-5-3-4-6-14(12)18-2/h3-6,13,16H,7-11H2,1-2H3. The average molecular weight is 250 g/mol. The summed E-state index contributed by atoms with van der Waals surface area (Å²) >= 11 is 0. The van der Waals surface area contributed by atoms with E-state index in [9.17, 15) is 5.11 Å². The van der Waals surface area contributed by atoms with Crippen molar-refractivity contribution in [2.45, 2.75) is 43.8 Å². The Bertz CT molecular complexity index is 381. The highest BCUT2D eigenvalue weighted by Crippen LogP contribution is 2.34. The van der Waals surface area contributed by atoms with Crippen LogP contribution in [0.5, 0.6) is 5.75 Å². The fraction of sp³-hybridized carbons (Fsp3) is 0.600. The third-order valence-electron chi connectivity index (χ3n) is 3.91. The zero-order valence-electron chi connectivity index (χ0n) is 11.2. The molecule has 100 valence electrons. The molecule has 2 rings (SSSR count). The molecule has 0 saturated heterocycles. The van der Waals surface area contributed by atoms with Crippen molar-refractivity contribution in [3.8, 4) is 5.75 Å². The Balaban J connectivity index is 2.04. The smallest absolute Gasteiger partial charge is 0.122 e. The van der Waals surface area contributed by atoms with E-state index in [0.29, 0.717) is 12.5 Å². The van der Waals surface area contributed by atoms with Crippen LogP contribution in [0.25, 0.3) is 0 Å². The monoisotopic (exact) mass is 250 g/mol. The molecule has 0 aromatic heterocycles. The van der Waals surface area contributed by atoms with Crippen LogP contribution in [0.3, 0.4) is 0 Å². The van der Waals surface area contributed by atoms with E-state index in [-0.39, 0.29) is 0 Å². The second-order valence-electron chi connectivity index (χ2n) is 5.15. The summed E-state index contributed by atoms with van der Waals surface area (Å²) in [6.45, 7) is 0. The Morgan fingerprint density at radius 3 is 2.50 bits per heavy atom. The molecule has 1 aliphatic carbocycles. The van der Waals surface area contributed by atoms with Gasteiger partial charge in [0.2, 0.25) is 0 Å². The van der Waals surface area contributed by atoms with Crippen molar-refractivity contribution < 1.29 is 14.6 Å². The van der Waals surface area contributed by atoms with Crippen molar-refractivity contribution in [2.24, 2.45) is 0 Å². The molecule has 1 fully saturated rings. The third-order valence-corrected chi connectivity index (χ3v) is 3.91. The molecule has 1 aliphatic rings. The predicted molar refractivity (Wildman–Crippen MR) is 70.9 cm³/mol. The number of hydrogen-bond donors (Lipinski definition) is 1. The molecule has 0 radical (unpaired) electrons. The van der Waals surface area contributed by atoms with E-state index in [1.807, 2.05) is 24.3 Å². The molecule has 1 N–H and O–H groups in total. The fourth-order valence-corrected chi connectivity index (χ4v) is 2.74. The Morgan fingerprint density at radius 2 is 1.89 bits per heavy atom. The summed E-state index contributed by atoms with van der Waals surface area (Å²) in [6, 6.07) is 7.91. The molecule has 0 heterocycles. The molecule has 1 aromatic rings. The number of rotatable bonds is 4. The van der Waals surface area contributed by atoms with Gasteiger partial charge in [-0.1, -0.05) is 18.2 Å². The second-order valence-corrected chi connectivity index (χ2v) is 5.15. The van der Waals surface area contributed by atoms with Gasteiger partial charge >= 0.3 is 0 Å². The number of aliphatic hydroxyl groups is 1. The summed E-state index contributed by atoms with van der Waals surface area (Å²) in [5.74, 6) is 0.861. The Morgan fingerprint density at radius 1 is 1.22 bits per heavy atom. The van der Waals surface area contributed by atoms with E-state index in [1.165, 1.54) is 0 Å². The van der Waals surface area contributed by atoms with Gasteiger partial charge in [0.25, 0.3) is 0 Å². The SMILES string of the molecule is COc1ccccc1CC1(O)CCC(OC)CC1. The van der Waals surface area contributed by atoms with Gasteiger partial charge in [-0.3, -0.25) is 0 Å². The van der Waals surface area contributed by atoms with E-state index >= 15 is 0 Å². The summed E-state index contributed by atoms with van der Waals surface area (Å²) in [5.41, 5.74) is 0.474. The minimum Gasteiger partial charge on any atom is -0.496 e. The van der Waals surface area contributed by atoms with E-state index < -0.39 is 5.60 Å². The maximum Gasteiger partial charge on any atom is 0.122 e. The summed E-state index contributed by atoms with van der Waals surface area (Å²) in [6.07, 6.45) is 4.42. The van der Waals surface area contributed by atoms with E-state index in [2.05, 4.69) is 0 Å². The first kappa shape index (κ1) is 13.4. The lowest BCUT2D eigenvalue weighted by Gasteiger charge is -2.35. The molecular formula is C15H22O3. The van der Waals surface area contributed by atoms with E-state index in [1.54, 1.807) is 14.2 Å². The molecule has 0 amide bonds. The lowest BCUT2D eigenvalue weighted by atomic mass is 9.79. The van der Waals surface area contributed by atoms with Gasteiger partial charge in [-0.2, -0.15) is 0 Å². The number of para-hydroxylation sites is 1. The van der Waals surface area contributed by atoms with Crippen LogP contribution in [-0.2, 0) is 11.2 Å². The molecule has 1 aromatic carbocycles. The highest BCUT2D eigenvalue weighted by molar-refractivity contribution is 5.34. The van der Waals surface area contributed by atoms with Gasteiger partial charge in [0.1, 0.15) is 5.75 Å². The molecule has 0 unspecified atom stereocenters. The first-order chi connectivity index (χ1) is 8.67. The Hall–Kier alpha value is -1.06. The molecule has 3 nitrogen and oxygen atoms in total. The highest BCUT2D eigenvalue weighted by atomic mass is 16.5. The predicted octanol–water partition coefficient (Wildman–Crippen LogP) is 2.56. The number of hydrogen-bond acceptors (Lipinski definition) is 3. The number of benzene rings is 1. The van der Waals surface area contributed by atoms with Crippen LogP contribution in [0.2, 0.25) is 0 Å². The molecule has 3 heteroatoms. The fourth-order valence-electron chi connectivity index (χ4n) is 2.74. The van der Waals surface area contributed by atoms with Crippen molar-refractivity contribution in [3.63, 3.8) is 0 Å². The molecular weight excluding hydrogens is 228 g/mol. The lowest BCUT2D eigenvalue weighted by Crippen LogP contribution is -2.38. The van der Waals surface area contributed by atoms with E-state index in [0.717, 1.165) is 37.0 Å². The topological polar surface area (TPSA) is 38.7 Å². The van der Waals surface area contributed by atoms with Gasteiger partial charge in [0, 0.05) is 13.5 Å². The summed E-state index contributed by atoms with van der Waals surface area (Å²) in [7, 11) is 3.42. The quantitative estimate of drug-likeness (QED) is 0.892. The van der Waals surface area contributed by atoms with Gasteiger partial charge in [-0.15, -0.1) is 0 Å². The zero-order valence-corrected chi connectivity index (χ0v) is 11.2. The number of ether oxygens (including phenoxy) is 2. The maximum atomic E-state index is 10.6. The average Bonchev–Trinajstić information content (AvgIpc) is 2.40. The van der Waals surface area contributed by atoms with Crippen LogP contribution in [-0.4, -0.2) is 31.0 Å². The Kier molecular flexibility index (Phi) is 4.25. The second kappa shape index (κ2) is 5.72. The van der Waals surface area contributed by atoms with Crippen molar-refractivity contribution in [3.05, 3.63) is 29.8 Å². The van der Waals surface area contributed by atoms with Crippen LogP contribution in [0, 0.1) is 0 Å².